The fourth-order valence-corrected chi connectivity index (χ4v) is 1.53. The summed E-state index contributed by atoms with van der Waals surface area (Å²) in [6.07, 6.45) is 0. The van der Waals surface area contributed by atoms with E-state index in [1.807, 2.05) is 6.92 Å². The van der Waals surface area contributed by atoms with Crippen molar-refractivity contribution in [3.05, 3.63) is 54.1 Å². The van der Waals surface area contributed by atoms with E-state index in [1.54, 1.807) is 24.3 Å². The van der Waals surface area contributed by atoms with Gasteiger partial charge in [-0.1, -0.05) is 0 Å². The van der Waals surface area contributed by atoms with Crippen LogP contribution in [-0.4, -0.2) is 17.7 Å². The molecule has 0 aliphatic rings. The molecule has 19 heavy (non-hydrogen) atoms. The SMILES string of the molecule is CCOc1ccc(C(=O)Oc2ccc(O)cc2)cc1. The Bertz CT molecular complexity index is 543. The van der Waals surface area contributed by atoms with Crippen LogP contribution in [0.15, 0.2) is 48.5 Å². The lowest BCUT2D eigenvalue weighted by Crippen LogP contribution is -2.08. The van der Waals surface area contributed by atoms with Gasteiger partial charge in [0.2, 0.25) is 0 Å². The van der Waals surface area contributed by atoms with Crippen LogP contribution < -0.4 is 9.47 Å². The summed E-state index contributed by atoms with van der Waals surface area (Å²) < 4.78 is 10.5. The van der Waals surface area contributed by atoms with Crippen molar-refractivity contribution in [2.45, 2.75) is 6.92 Å². The van der Waals surface area contributed by atoms with E-state index >= 15 is 0 Å². The molecule has 0 spiro atoms. The van der Waals surface area contributed by atoms with Crippen molar-refractivity contribution in [3.8, 4) is 17.2 Å². The maximum Gasteiger partial charge on any atom is 0.343 e. The maximum atomic E-state index is 11.8. The van der Waals surface area contributed by atoms with E-state index in [1.165, 1.54) is 24.3 Å². The second kappa shape index (κ2) is 5.91. The second-order valence-corrected chi connectivity index (χ2v) is 3.84. The van der Waals surface area contributed by atoms with Gasteiger partial charge in [-0.2, -0.15) is 0 Å². The van der Waals surface area contributed by atoms with Crippen molar-refractivity contribution >= 4 is 5.97 Å². The molecule has 0 bridgehead atoms. The molecule has 0 unspecified atom stereocenters. The Balaban J connectivity index is 2.05. The highest BCUT2D eigenvalue weighted by atomic mass is 16.5. The molecule has 0 amide bonds. The van der Waals surface area contributed by atoms with Gasteiger partial charge >= 0.3 is 5.97 Å². The van der Waals surface area contributed by atoms with Crippen molar-refractivity contribution in [3.63, 3.8) is 0 Å². The van der Waals surface area contributed by atoms with Gasteiger partial charge in [-0.25, -0.2) is 4.79 Å². The fraction of sp³-hybridized carbons (Fsp3) is 0.133. The van der Waals surface area contributed by atoms with E-state index in [2.05, 4.69) is 0 Å². The van der Waals surface area contributed by atoms with Crippen LogP contribution in [0.4, 0.5) is 0 Å². The summed E-state index contributed by atoms with van der Waals surface area (Å²) >= 11 is 0. The fourth-order valence-electron chi connectivity index (χ4n) is 1.53. The van der Waals surface area contributed by atoms with Crippen LogP contribution in [0.5, 0.6) is 17.2 Å². The lowest BCUT2D eigenvalue weighted by Gasteiger charge is -2.06. The van der Waals surface area contributed by atoms with Gasteiger partial charge in [0.05, 0.1) is 12.2 Å². The zero-order chi connectivity index (χ0) is 13.7. The summed E-state index contributed by atoms with van der Waals surface area (Å²) in [6.45, 7) is 2.48. The van der Waals surface area contributed by atoms with E-state index in [9.17, 15) is 4.79 Å². The average Bonchev–Trinajstić information content (AvgIpc) is 2.42. The number of rotatable bonds is 4. The van der Waals surface area contributed by atoms with Gasteiger partial charge in [0.1, 0.15) is 17.2 Å². The first kappa shape index (κ1) is 13.0. The number of carbonyl (C=O) groups excluding carboxylic acids is 1. The quantitative estimate of drug-likeness (QED) is 0.676. The van der Waals surface area contributed by atoms with Gasteiger partial charge in [-0.3, -0.25) is 0 Å². The molecule has 0 aliphatic heterocycles. The molecule has 1 N–H and O–H groups in total. The van der Waals surface area contributed by atoms with Crippen LogP contribution in [0.25, 0.3) is 0 Å². The molecule has 0 atom stereocenters. The van der Waals surface area contributed by atoms with Crippen LogP contribution in [0.3, 0.4) is 0 Å². The Morgan fingerprint density at radius 3 is 2.16 bits per heavy atom. The van der Waals surface area contributed by atoms with Gasteiger partial charge in [0, 0.05) is 0 Å². The normalized spacial score (nSPS) is 9.95. The maximum absolute atomic E-state index is 11.8. The minimum absolute atomic E-state index is 0.126. The number of carbonyl (C=O) groups is 1. The number of aromatic hydroxyl groups is 1. The largest absolute Gasteiger partial charge is 0.508 e. The van der Waals surface area contributed by atoms with Gasteiger partial charge in [0.15, 0.2) is 0 Å². The number of phenols is 1. The van der Waals surface area contributed by atoms with Crippen LogP contribution in [-0.2, 0) is 0 Å². The topological polar surface area (TPSA) is 55.8 Å². The highest BCUT2D eigenvalue weighted by Gasteiger charge is 2.08. The van der Waals surface area contributed by atoms with Crippen molar-refractivity contribution in [2.75, 3.05) is 6.61 Å². The van der Waals surface area contributed by atoms with Crippen molar-refractivity contribution < 1.29 is 19.4 Å². The zero-order valence-corrected chi connectivity index (χ0v) is 10.5. The molecule has 2 rings (SSSR count). The van der Waals surface area contributed by atoms with Crippen molar-refractivity contribution in [1.29, 1.82) is 0 Å². The Labute approximate surface area is 111 Å². The summed E-state index contributed by atoms with van der Waals surface area (Å²) in [6, 6.07) is 12.7. The van der Waals surface area contributed by atoms with Crippen molar-refractivity contribution in [1.82, 2.24) is 0 Å². The molecule has 2 aromatic carbocycles. The zero-order valence-electron chi connectivity index (χ0n) is 10.5. The van der Waals surface area contributed by atoms with E-state index in [0.717, 1.165) is 0 Å². The van der Waals surface area contributed by atoms with Gasteiger partial charge in [0.25, 0.3) is 0 Å². The molecular weight excluding hydrogens is 244 g/mol. The van der Waals surface area contributed by atoms with Gasteiger partial charge in [-0.15, -0.1) is 0 Å². The predicted molar refractivity (Wildman–Crippen MR) is 70.7 cm³/mol. The Kier molecular flexibility index (Phi) is 4.03. The summed E-state index contributed by atoms with van der Waals surface area (Å²) in [5.41, 5.74) is 0.441. The molecule has 0 aromatic heterocycles. The number of hydrogen-bond donors (Lipinski definition) is 1. The molecule has 2 aromatic rings. The molecule has 0 aliphatic carbocycles. The molecule has 98 valence electrons. The second-order valence-electron chi connectivity index (χ2n) is 3.84. The first-order valence-electron chi connectivity index (χ1n) is 5.93. The summed E-state index contributed by atoms with van der Waals surface area (Å²) in [5.74, 6) is 0.773. The molecule has 0 heterocycles. The monoisotopic (exact) mass is 258 g/mol. The number of hydrogen-bond acceptors (Lipinski definition) is 4. The minimum atomic E-state index is -0.450. The highest BCUT2D eigenvalue weighted by molar-refractivity contribution is 5.91. The summed E-state index contributed by atoms with van der Waals surface area (Å²) in [4.78, 5) is 11.8. The minimum Gasteiger partial charge on any atom is -0.508 e. The van der Waals surface area contributed by atoms with Gasteiger partial charge in [-0.05, 0) is 55.5 Å². The van der Waals surface area contributed by atoms with Crippen LogP contribution >= 0.6 is 0 Å². The lowest BCUT2D eigenvalue weighted by molar-refractivity contribution is 0.0734. The standard InChI is InChI=1S/C15H14O4/c1-2-18-13-7-3-11(4-8-13)15(17)19-14-9-5-12(16)6-10-14/h3-10,16H,2H2,1H3. The third kappa shape index (κ3) is 3.48. The number of phenolic OH excluding ortho intramolecular Hbond substituents is 1. The van der Waals surface area contributed by atoms with Crippen LogP contribution in [0, 0.1) is 0 Å². The van der Waals surface area contributed by atoms with E-state index < -0.39 is 5.97 Å². The van der Waals surface area contributed by atoms with E-state index in [-0.39, 0.29) is 5.75 Å². The Morgan fingerprint density at radius 2 is 1.58 bits per heavy atom. The lowest BCUT2D eigenvalue weighted by atomic mass is 10.2. The summed E-state index contributed by atoms with van der Waals surface area (Å²) in [5, 5.41) is 9.13. The highest BCUT2D eigenvalue weighted by Crippen LogP contribution is 2.18. The molecule has 0 saturated heterocycles. The van der Waals surface area contributed by atoms with E-state index in [4.69, 9.17) is 14.6 Å². The molecule has 0 radical (unpaired) electrons. The number of benzene rings is 2. The molecular formula is C15H14O4. The Hall–Kier alpha value is -2.49. The first-order chi connectivity index (χ1) is 9.19. The van der Waals surface area contributed by atoms with E-state index in [0.29, 0.717) is 23.7 Å². The third-order valence-corrected chi connectivity index (χ3v) is 2.45. The molecule has 4 heteroatoms. The molecule has 0 saturated carbocycles. The Morgan fingerprint density at radius 1 is 1.00 bits per heavy atom. The molecule has 0 fully saturated rings. The average molecular weight is 258 g/mol. The first-order valence-corrected chi connectivity index (χ1v) is 5.93. The van der Waals surface area contributed by atoms with Crippen LogP contribution in [0.1, 0.15) is 17.3 Å². The third-order valence-electron chi connectivity index (χ3n) is 2.45. The predicted octanol–water partition coefficient (Wildman–Crippen LogP) is 3.01. The molecule has 4 nitrogen and oxygen atoms in total. The smallest absolute Gasteiger partial charge is 0.343 e. The van der Waals surface area contributed by atoms with Gasteiger partial charge < -0.3 is 14.6 Å². The number of esters is 1. The number of ether oxygens (including phenoxy) is 2. The van der Waals surface area contributed by atoms with Crippen molar-refractivity contribution in [2.24, 2.45) is 0 Å². The van der Waals surface area contributed by atoms with Crippen LogP contribution in [0.2, 0.25) is 0 Å². The summed E-state index contributed by atoms with van der Waals surface area (Å²) in [7, 11) is 0.